The minimum Gasteiger partial charge on any atom is -0.363 e. The van der Waals surface area contributed by atoms with Gasteiger partial charge >= 0.3 is 0 Å². The van der Waals surface area contributed by atoms with Crippen molar-refractivity contribution in [2.45, 2.75) is 44.8 Å². The molecule has 2 rings (SSSR count). The standard InChI is InChI=1S/C10H19NO.ClH/c1-2-5-9(6-3-1)10-11-7-4-8-12-10;/h9-11H,1-8H2;1H. The molecule has 2 aliphatic rings. The fraction of sp³-hybridized carbons (Fsp3) is 1.00. The van der Waals surface area contributed by atoms with Crippen LogP contribution in [0, 0.1) is 5.92 Å². The van der Waals surface area contributed by atoms with E-state index >= 15 is 0 Å². The first-order chi connectivity index (χ1) is 5.97. The van der Waals surface area contributed by atoms with Gasteiger partial charge in [0.05, 0.1) is 0 Å². The van der Waals surface area contributed by atoms with E-state index < -0.39 is 0 Å². The highest BCUT2D eigenvalue weighted by molar-refractivity contribution is 5.85. The molecule has 3 heteroatoms. The first-order valence-corrected chi connectivity index (χ1v) is 5.32. The smallest absolute Gasteiger partial charge is 0.110 e. The van der Waals surface area contributed by atoms with Gasteiger partial charge in [0, 0.05) is 6.61 Å². The number of halogens is 1. The molecule has 1 aliphatic carbocycles. The third-order valence-electron chi connectivity index (χ3n) is 3.04. The Morgan fingerprint density at radius 1 is 1.00 bits per heavy atom. The van der Waals surface area contributed by atoms with Crippen molar-refractivity contribution in [3.63, 3.8) is 0 Å². The Morgan fingerprint density at radius 3 is 2.38 bits per heavy atom. The Labute approximate surface area is 86.8 Å². The zero-order valence-electron chi connectivity index (χ0n) is 8.13. The number of nitrogens with one attached hydrogen (secondary N) is 1. The van der Waals surface area contributed by atoms with Crippen LogP contribution in [0.3, 0.4) is 0 Å². The zero-order chi connectivity index (χ0) is 8.23. The molecule has 2 nitrogen and oxygen atoms in total. The molecule has 1 atom stereocenters. The van der Waals surface area contributed by atoms with E-state index in [9.17, 15) is 0 Å². The van der Waals surface area contributed by atoms with Gasteiger partial charge in [-0.1, -0.05) is 19.3 Å². The van der Waals surface area contributed by atoms with Crippen LogP contribution in [0.25, 0.3) is 0 Å². The maximum atomic E-state index is 5.71. The summed E-state index contributed by atoms with van der Waals surface area (Å²) in [4.78, 5) is 0. The lowest BCUT2D eigenvalue weighted by molar-refractivity contribution is -0.0449. The van der Waals surface area contributed by atoms with Gasteiger partial charge in [-0.3, -0.25) is 5.32 Å². The van der Waals surface area contributed by atoms with E-state index in [-0.39, 0.29) is 12.4 Å². The Hall–Kier alpha value is 0.210. The fourth-order valence-electron chi connectivity index (χ4n) is 2.33. The molecule has 0 amide bonds. The van der Waals surface area contributed by atoms with E-state index in [0.29, 0.717) is 6.23 Å². The summed E-state index contributed by atoms with van der Waals surface area (Å²) in [6.45, 7) is 2.12. The number of hydrogen-bond donors (Lipinski definition) is 1. The van der Waals surface area contributed by atoms with E-state index in [4.69, 9.17) is 4.74 Å². The van der Waals surface area contributed by atoms with Gasteiger partial charge in [0.2, 0.25) is 0 Å². The summed E-state index contributed by atoms with van der Waals surface area (Å²) in [5.74, 6) is 0.805. The quantitative estimate of drug-likeness (QED) is 0.710. The van der Waals surface area contributed by atoms with Crippen LogP contribution in [0.15, 0.2) is 0 Å². The van der Waals surface area contributed by atoms with E-state index in [1.54, 1.807) is 0 Å². The SMILES string of the molecule is C1CCC(C2NCCCO2)CC1.Cl. The van der Waals surface area contributed by atoms with Crippen molar-refractivity contribution >= 4 is 12.4 Å². The van der Waals surface area contributed by atoms with E-state index in [2.05, 4.69) is 5.32 Å². The highest BCUT2D eigenvalue weighted by Gasteiger charge is 2.25. The van der Waals surface area contributed by atoms with E-state index in [0.717, 1.165) is 19.1 Å². The maximum absolute atomic E-state index is 5.71. The van der Waals surface area contributed by atoms with Crippen LogP contribution < -0.4 is 5.32 Å². The third kappa shape index (κ3) is 3.12. The fourth-order valence-corrected chi connectivity index (χ4v) is 2.33. The highest BCUT2D eigenvalue weighted by Crippen LogP contribution is 2.27. The molecule has 1 aliphatic heterocycles. The normalized spacial score (nSPS) is 30.9. The van der Waals surface area contributed by atoms with Crippen molar-refractivity contribution in [3.8, 4) is 0 Å². The summed E-state index contributed by atoms with van der Waals surface area (Å²) < 4.78 is 5.71. The second kappa shape index (κ2) is 5.84. The Bertz CT molecular complexity index is 115. The average molecular weight is 206 g/mol. The minimum atomic E-state index is 0. The monoisotopic (exact) mass is 205 g/mol. The summed E-state index contributed by atoms with van der Waals surface area (Å²) in [5, 5.41) is 3.47. The summed E-state index contributed by atoms with van der Waals surface area (Å²) in [5.41, 5.74) is 0. The molecule has 1 unspecified atom stereocenters. The highest BCUT2D eigenvalue weighted by atomic mass is 35.5. The van der Waals surface area contributed by atoms with Gasteiger partial charge in [-0.05, 0) is 31.7 Å². The van der Waals surface area contributed by atoms with Crippen LogP contribution in [0.4, 0.5) is 0 Å². The lowest BCUT2D eigenvalue weighted by atomic mass is 9.87. The molecule has 0 aromatic heterocycles. The largest absolute Gasteiger partial charge is 0.363 e. The summed E-state index contributed by atoms with van der Waals surface area (Å²) in [6.07, 6.45) is 8.57. The Morgan fingerprint density at radius 2 is 1.77 bits per heavy atom. The van der Waals surface area contributed by atoms with Crippen molar-refractivity contribution in [2.24, 2.45) is 5.92 Å². The van der Waals surface area contributed by atoms with Crippen molar-refractivity contribution < 1.29 is 4.74 Å². The molecule has 2 fully saturated rings. The predicted octanol–water partition coefficient (Wildman–Crippen LogP) is 2.32. The molecule has 1 saturated heterocycles. The van der Waals surface area contributed by atoms with Crippen LogP contribution in [0.2, 0.25) is 0 Å². The van der Waals surface area contributed by atoms with Gasteiger partial charge in [0.1, 0.15) is 6.23 Å². The molecule has 13 heavy (non-hydrogen) atoms. The lowest BCUT2D eigenvalue weighted by Crippen LogP contribution is -2.44. The van der Waals surface area contributed by atoms with Crippen molar-refractivity contribution in [1.29, 1.82) is 0 Å². The molecular formula is C10H20ClNO. The van der Waals surface area contributed by atoms with Crippen molar-refractivity contribution in [1.82, 2.24) is 5.32 Å². The number of hydrogen-bond acceptors (Lipinski definition) is 2. The Kier molecular flexibility index (Phi) is 5.07. The lowest BCUT2D eigenvalue weighted by Gasteiger charge is -2.33. The summed E-state index contributed by atoms with van der Waals surface area (Å²) in [7, 11) is 0. The van der Waals surface area contributed by atoms with Crippen LogP contribution in [-0.4, -0.2) is 19.4 Å². The van der Waals surface area contributed by atoms with Crippen LogP contribution in [0.5, 0.6) is 0 Å². The van der Waals surface area contributed by atoms with E-state index in [1.807, 2.05) is 0 Å². The molecule has 78 valence electrons. The second-order valence-corrected chi connectivity index (χ2v) is 4.00. The number of ether oxygens (including phenoxy) is 1. The predicted molar refractivity (Wildman–Crippen MR) is 56.2 cm³/mol. The van der Waals surface area contributed by atoms with Gasteiger partial charge in [0.25, 0.3) is 0 Å². The van der Waals surface area contributed by atoms with Gasteiger partial charge < -0.3 is 4.74 Å². The second-order valence-electron chi connectivity index (χ2n) is 4.00. The van der Waals surface area contributed by atoms with Gasteiger partial charge in [-0.15, -0.1) is 12.4 Å². The van der Waals surface area contributed by atoms with Gasteiger partial charge in [-0.2, -0.15) is 0 Å². The summed E-state index contributed by atoms with van der Waals surface area (Å²) >= 11 is 0. The molecule has 1 saturated carbocycles. The van der Waals surface area contributed by atoms with Crippen molar-refractivity contribution in [3.05, 3.63) is 0 Å². The molecule has 0 bridgehead atoms. The van der Waals surface area contributed by atoms with Crippen LogP contribution in [0.1, 0.15) is 38.5 Å². The molecular weight excluding hydrogens is 186 g/mol. The van der Waals surface area contributed by atoms with Crippen LogP contribution in [-0.2, 0) is 4.74 Å². The molecule has 0 spiro atoms. The summed E-state index contributed by atoms with van der Waals surface area (Å²) in [6, 6.07) is 0. The van der Waals surface area contributed by atoms with Gasteiger partial charge in [0.15, 0.2) is 0 Å². The molecule has 1 N–H and O–H groups in total. The molecule has 0 aromatic rings. The van der Waals surface area contributed by atoms with Crippen molar-refractivity contribution in [2.75, 3.05) is 13.2 Å². The topological polar surface area (TPSA) is 21.3 Å². The molecule has 0 radical (unpaired) electrons. The third-order valence-corrected chi connectivity index (χ3v) is 3.04. The van der Waals surface area contributed by atoms with Gasteiger partial charge in [-0.25, -0.2) is 0 Å². The van der Waals surface area contributed by atoms with E-state index in [1.165, 1.54) is 38.5 Å². The minimum absolute atomic E-state index is 0. The van der Waals surface area contributed by atoms with Crippen LogP contribution >= 0.6 is 12.4 Å². The average Bonchev–Trinajstić information content (AvgIpc) is 2.21. The number of rotatable bonds is 1. The molecule has 0 aromatic carbocycles. The first kappa shape index (κ1) is 11.3. The maximum Gasteiger partial charge on any atom is 0.110 e. The molecule has 1 heterocycles. The zero-order valence-corrected chi connectivity index (χ0v) is 8.94. The Balaban J connectivity index is 0.000000845. The first-order valence-electron chi connectivity index (χ1n) is 5.32.